The Hall–Kier alpha value is -3.88. The fraction of sp³-hybridized carbons (Fsp3) is 0.467. The Bertz CT molecular complexity index is 1370. The Kier molecular flexibility index (Phi) is 7.86. The Labute approximate surface area is 229 Å². The van der Waals surface area contributed by atoms with Crippen LogP contribution in [0, 0.1) is 6.92 Å². The second kappa shape index (κ2) is 11.5. The first-order valence-corrected chi connectivity index (χ1v) is 13.8. The van der Waals surface area contributed by atoms with E-state index in [1.807, 2.05) is 43.1 Å². The third kappa shape index (κ3) is 5.62. The lowest BCUT2D eigenvalue weighted by Gasteiger charge is -2.35. The van der Waals surface area contributed by atoms with Gasteiger partial charge in [-0.25, -0.2) is 4.79 Å². The molecule has 0 radical (unpaired) electrons. The van der Waals surface area contributed by atoms with Crippen molar-refractivity contribution in [1.29, 1.82) is 0 Å². The van der Waals surface area contributed by atoms with E-state index in [0.29, 0.717) is 57.9 Å². The van der Waals surface area contributed by atoms with Gasteiger partial charge in [0, 0.05) is 75.0 Å². The number of piperazine rings is 1. The second-order valence-electron chi connectivity index (χ2n) is 10.5. The van der Waals surface area contributed by atoms with Crippen LogP contribution in [0.25, 0.3) is 10.9 Å². The van der Waals surface area contributed by atoms with E-state index in [-0.39, 0.29) is 23.8 Å². The molecule has 0 atom stereocenters. The Morgan fingerprint density at radius 2 is 1.62 bits per heavy atom. The number of amides is 3. The SMILES string of the molecule is CCOC(=O)N1CCN(C(=O)c2ccc(C)nc2C2CCN(C(=O)Cc3cn(C)c4ccccc34)CC2)CC1. The molecule has 0 N–H and O–H groups in total. The van der Waals surface area contributed by atoms with Crippen LogP contribution >= 0.6 is 0 Å². The van der Waals surface area contributed by atoms with Gasteiger partial charge < -0.3 is 24.0 Å². The molecule has 0 unspecified atom stereocenters. The number of hydrogen-bond donors (Lipinski definition) is 0. The lowest BCUT2D eigenvalue weighted by Crippen LogP contribution is -2.51. The van der Waals surface area contributed by atoms with Gasteiger partial charge in [-0.15, -0.1) is 0 Å². The Morgan fingerprint density at radius 1 is 0.923 bits per heavy atom. The molecule has 2 aliphatic rings. The summed E-state index contributed by atoms with van der Waals surface area (Å²) in [5.74, 6) is 0.208. The van der Waals surface area contributed by atoms with Crippen LogP contribution in [0.4, 0.5) is 4.79 Å². The van der Waals surface area contributed by atoms with E-state index in [1.165, 1.54) is 0 Å². The van der Waals surface area contributed by atoms with Crippen molar-refractivity contribution in [3.05, 3.63) is 65.1 Å². The van der Waals surface area contributed by atoms with E-state index in [0.717, 1.165) is 40.7 Å². The van der Waals surface area contributed by atoms with E-state index in [2.05, 4.69) is 22.9 Å². The summed E-state index contributed by atoms with van der Waals surface area (Å²) in [6, 6.07) is 11.9. The van der Waals surface area contributed by atoms with Crippen LogP contribution in [0.2, 0.25) is 0 Å². The number of piperidine rings is 1. The average molecular weight is 532 g/mol. The number of fused-ring (bicyclic) bond motifs is 1. The molecule has 0 saturated carbocycles. The largest absolute Gasteiger partial charge is 0.450 e. The van der Waals surface area contributed by atoms with E-state index in [1.54, 1.807) is 16.7 Å². The molecular weight excluding hydrogens is 494 g/mol. The van der Waals surface area contributed by atoms with Crippen molar-refractivity contribution in [2.75, 3.05) is 45.9 Å². The van der Waals surface area contributed by atoms with Gasteiger partial charge in [0.2, 0.25) is 5.91 Å². The molecule has 2 fully saturated rings. The van der Waals surface area contributed by atoms with Gasteiger partial charge in [0.05, 0.1) is 24.3 Å². The maximum absolute atomic E-state index is 13.5. The molecule has 1 aromatic carbocycles. The van der Waals surface area contributed by atoms with Gasteiger partial charge in [-0.3, -0.25) is 14.6 Å². The number of ether oxygens (including phenoxy) is 1. The highest BCUT2D eigenvalue weighted by Gasteiger charge is 2.31. The minimum absolute atomic E-state index is 0.0459. The quantitative estimate of drug-likeness (QED) is 0.501. The van der Waals surface area contributed by atoms with Gasteiger partial charge in [0.25, 0.3) is 5.91 Å². The smallest absolute Gasteiger partial charge is 0.409 e. The molecule has 0 bridgehead atoms. The number of aromatic nitrogens is 2. The zero-order valence-corrected chi connectivity index (χ0v) is 23.1. The van der Waals surface area contributed by atoms with Gasteiger partial charge in [-0.2, -0.15) is 0 Å². The molecule has 5 rings (SSSR count). The van der Waals surface area contributed by atoms with Gasteiger partial charge >= 0.3 is 6.09 Å². The van der Waals surface area contributed by atoms with Crippen LogP contribution in [0.3, 0.4) is 0 Å². The van der Waals surface area contributed by atoms with E-state index < -0.39 is 0 Å². The first-order valence-electron chi connectivity index (χ1n) is 13.8. The number of pyridine rings is 1. The number of nitrogens with zero attached hydrogens (tertiary/aromatic N) is 5. The predicted molar refractivity (Wildman–Crippen MR) is 149 cm³/mol. The maximum atomic E-state index is 13.5. The van der Waals surface area contributed by atoms with Crippen molar-refractivity contribution in [2.24, 2.45) is 7.05 Å². The fourth-order valence-corrected chi connectivity index (χ4v) is 5.79. The molecule has 2 aliphatic heterocycles. The third-order valence-corrected chi connectivity index (χ3v) is 7.94. The number of carbonyl (C=O) groups is 3. The number of para-hydroxylation sites is 1. The van der Waals surface area contributed by atoms with E-state index in [4.69, 9.17) is 9.72 Å². The third-order valence-electron chi connectivity index (χ3n) is 7.94. The molecule has 3 aromatic rings. The van der Waals surface area contributed by atoms with Crippen molar-refractivity contribution >= 4 is 28.8 Å². The standard InChI is InChI=1S/C30H37N5O4/c1-4-39-30(38)35-17-15-34(16-18-35)29(37)25-10-9-21(2)31-28(25)22-11-13-33(14-12-22)27(36)19-23-20-32(3)26-8-6-5-7-24(23)26/h5-10,20,22H,4,11-19H2,1-3H3. The van der Waals surface area contributed by atoms with Crippen LogP contribution in [-0.4, -0.2) is 88.0 Å². The summed E-state index contributed by atoms with van der Waals surface area (Å²) in [7, 11) is 2.01. The molecule has 9 nitrogen and oxygen atoms in total. The number of aryl methyl sites for hydroxylation is 2. The first-order chi connectivity index (χ1) is 18.9. The van der Waals surface area contributed by atoms with Gasteiger partial charge in [-0.05, 0) is 50.5 Å². The predicted octanol–water partition coefficient (Wildman–Crippen LogP) is 3.74. The Morgan fingerprint density at radius 3 is 2.33 bits per heavy atom. The molecule has 3 amide bonds. The van der Waals surface area contributed by atoms with E-state index >= 15 is 0 Å². The molecule has 0 aliphatic carbocycles. The molecule has 0 spiro atoms. The molecule has 39 heavy (non-hydrogen) atoms. The van der Waals surface area contributed by atoms with Crippen molar-refractivity contribution in [1.82, 2.24) is 24.3 Å². The summed E-state index contributed by atoms with van der Waals surface area (Å²) < 4.78 is 7.17. The Balaban J connectivity index is 1.23. The zero-order valence-electron chi connectivity index (χ0n) is 23.1. The topological polar surface area (TPSA) is 88.0 Å². The number of likely N-dealkylation sites (tertiary alicyclic amines) is 1. The van der Waals surface area contributed by atoms with Crippen LogP contribution < -0.4 is 0 Å². The van der Waals surface area contributed by atoms with Crippen LogP contribution in [0.1, 0.15) is 53.0 Å². The lowest BCUT2D eigenvalue weighted by molar-refractivity contribution is -0.131. The molecule has 9 heteroatoms. The minimum atomic E-state index is -0.330. The highest BCUT2D eigenvalue weighted by atomic mass is 16.6. The number of hydrogen-bond acceptors (Lipinski definition) is 5. The summed E-state index contributed by atoms with van der Waals surface area (Å²) in [4.78, 5) is 49.0. The van der Waals surface area contributed by atoms with Crippen molar-refractivity contribution < 1.29 is 19.1 Å². The minimum Gasteiger partial charge on any atom is -0.450 e. The monoisotopic (exact) mass is 531 g/mol. The van der Waals surface area contributed by atoms with Crippen molar-refractivity contribution in [3.8, 4) is 0 Å². The fourth-order valence-electron chi connectivity index (χ4n) is 5.79. The normalized spacial score (nSPS) is 16.5. The molecular formula is C30H37N5O4. The van der Waals surface area contributed by atoms with Gasteiger partial charge in [-0.1, -0.05) is 18.2 Å². The molecule has 2 saturated heterocycles. The van der Waals surface area contributed by atoms with Gasteiger partial charge in [0.15, 0.2) is 0 Å². The summed E-state index contributed by atoms with van der Waals surface area (Å²) in [5.41, 5.74) is 4.52. The highest BCUT2D eigenvalue weighted by Crippen LogP contribution is 2.31. The highest BCUT2D eigenvalue weighted by molar-refractivity contribution is 5.95. The van der Waals surface area contributed by atoms with Crippen LogP contribution in [0.5, 0.6) is 0 Å². The van der Waals surface area contributed by atoms with Gasteiger partial charge in [0.1, 0.15) is 0 Å². The zero-order chi connectivity index (χ0) is 27.5. The van der Waals surface area contributed by atoms with Crippen LogP contribution in [0.15, 0.2) is 42.6 Å². The molecule has 4 heterocycles. The molecule has 2 aromatic heterocycles. The summed E-state index contributed by atoms with van der Waals surface area (Å²) in [6.45, 7) is 7.20. The van der Waals surface area contributed by atoms with Crippen molar-refractivity contribution in [3.63, 3.8) is 0 Å². The lowest BCUT2D eigenvalue weighted by atomic mass is 9.89. The van der Waals surface area contributed by atoms with E-state index in [9.17, 15) is 14.4 Å². The summed E-state index contributed by atoms with van der Waals surface area (Å²) in [5, 5.41) is 1.12. The number of rotatable bonds is 5. The number of carbonyl (C=O) groups excluding carboxylic acids is 3. The van der Waals surface area contributed by atoms with Crippen molar-refractivity contribution in [2.45, 2.75) is 39.0 Å². The van der Waals surface area contributed by atoms with Crippen LogP contribution in [-0.2, 0) is 23.0 Å². The average Bonchev–Trinajstić information content (AvgIpc) is 3.27. The second-order valence-corrected chi connectivity index (χ2v) is 10.5. The first kappa shape index (κ1) is 26.7. The number of benzene rings is 1. The molecule has 206 valence electrons. The summed E-state index contributed by atoms with van der Waals surface area (Å²) in [6.07, 6.45) is 3.65. The maximum Gasteiger partial charge on any atom is 0.409 e. The summed E-state index contributed by atoms with van der Waals surface area (Å²) >= 11 is 0.